The Morgan fingerprint density at radius 2 is 2.07 bits per heavy atom. The van der Waals surface area contributed by atoms with Crippen molar-refractivity contribution >= 4 is 42.3 Å². The van der Waals surface area contributed by atoms with Crippen molar-refractivity contribution in [1.82, 2.24) is 0 Å². The zero-order chi connectivity index (χ0) is 10.9. The van der Waals surface area contributed by atoms with E-state index in [0.717, 1.165) is 6.07 Å². The van der Waals surface area contributed by atoms with Gasteiger partial charge in [0.25, 0.3) is 9.05 Å². The standard InChI is InChI=1S/C7H2ClFINO2S/c8-14(12,13)7-5(9)1-4(3-11)2-6(7)10/h1-2H. The molecular formula is C7H2ClFINO2S. The number of rotatable bonds is 1. The number of hydrogen-bond acceptors (Lipinski definition) is 3. The first-order valence-electron chi connectivity index (χ1n) is 3.20. The molecule has 14 heavy (non-hydrogen) atoms. The molecule has 0 aromatic heterocycles. The Balaban J connectivity index is 3.59. The Morgan fingerprint density at radius 3 is 2.43 bits per heavy atom. The van der Waals surface area contributed by atoms with Gasteiger partial charge in [-0.2, -0.15) is 5.26 Å². The molecule has 0 saturated carbocycles. The van der Waals surface area contributed by atoms with Crippen LogP contribution in [0.5, 0.6) is 0 Å². The first-order valence-corrected chi connectivity index (χ1v) is 6.59. The molecule has 74 valence electrons. The Labute approximate surface area is 98.0 Å². The van der Waals surface area contributed by atoms with Crippen LogP contribution in [-0.2, 0) is 9.05 Å². The molecular weight excluding hydrogens is 344 g/mol. The average Bonchev–Trinajstić information content (AvgIpc) is 1.99. The number of nitriles is 1. The second-order valence-electron chi connectivity index (χ2n) is 2.32. The summed E-state index contributed by atoms with van der Waals surface area (Å²) in [5.74, 6) is -1.01. The van der Waals surface area contributed by atoms with Crippen LogP contribution in [0, 0.1) is 20.7 Å². The molecule has 0 aliphatic heterocycles. The molecule has 0 aliphatic rings. The van der Waals surface area contributed by atoms with Crippen molar-refractivity contribution in [2.45, 2.75) is 4.90 Å². The summed E-state index contributed by atoms with van der Waals surface area (Å²) >= 11 is 1.61. The van der Waals surface area contributed by atoms with E-state index in [1.54, 1.807) is 28.7 Å². The number of hydrogen-bond donors (Lipinski definition) is 0. The highest BCUT2D eigenvalue weighted by molar-refractivity contribution is 14.1. The van der Waals surface area contributed by atoms with Gasteiger partial charge in [-0.05, 0) is 34.7 Å². The minimum absolute atomic E-state index is 0.0518. The predicted molar refractivity (Wildman–Crippen MR) is 56.9 cm³/mol. The summed E-state index contributed by atoms with van der Waals surface area (Å²) in [5, 5.41) is 8.48. The summed E-state index contributed by atoms with van der Waals surface area (Å²) in [5.41, 5.74) is 0.0518. The van der Waals surface area contributed by atoms with E-state index in [1.807, 2.05) is 0 Å². The lowest BCUT2D eigenvalue weighted by Crippen LogP contribution is -1.99. The fraction of sp³-hybridized carbons (Fsp3) is 0. The van der Waals surface area contributed by atoms with Crippen LogP contribution in [0.1, 0.15) is 5.56 Å². The van der Waals surface area contributed by atoms with Crippen LogP contribution in [0.4, 0.5) is 4.39 Å². The molecule has 7 heteroatoms. The van der Waals surface area contributed by atoms with E-state index >= 15 is 0 Å². The third-order valence-corrected chi connectivity index (χ3v) is 3.95. The van der Waals surface area contributed by atoms with Crippen LogP contribution in [0.15, 0.2) is 17.0 Å². The molecule has 0 heterocycles. The Hall–Kier alpha value is -0.390. The van der Waals surface area contributed by atoms with Crippen LogP contribution in [0.3, 0.4) is 0 Å². The summed E-state index contributed by atoms with van der Waals surface area (Å²) in [7, 11) is 0.900. The van der Waals surface area contributed by atoms with Crippen molar-refractivity contribution in [3.05, 3.63) is 27.1 Å². The first kappa shape index (κ1) is 11.7. The normalized spacial score (nSPS) is 11.0. The van der Waals surface area contributed by atoms with Crippen LogP contribution < -0.4 is 0 Å². The smallest absolute Gasteiger partial charge is 0.207 e. The molecule has 0 radical (unpaired) electrons. The lowest BCUT2D eigenvalue weighted by molar-refractivity contribution is 0.573. The molecule has 3 nitrogen and oxygen atoms in total. The molecule has 0 amide bonds. The van der Waals surface area contributed by atoms with Crippen LogP contribution in [-0.4, -0.2) is 8.42 Å². The lowest BCUT2D eigenvalue weighted by atomic mass is 10.2. The van der Waals surface area contributed by atoms with Gasteiger partial charge in [0.05, 0.1) is 11.6 Å². The minimum atomic E-state index is -4.11. The Bertz CT molecular complexity index is 500. The summed E-state index contributed by atoms with van der Waals surface area (Å²) < 4.78 is 35.1. The van der Waals surface area contributed by atoms with Crippen molar-refractivity contribution in [1.29, 1.82) is 5.26 Å². The van der Waals surface area contributed by atoms with Crippen molar-refractivity contribution in [2.75, 3.05) is 0 Å². The SMILES string of the molecule is N#Cc1cc(F)c(S(=O)(=O)Cl)c(I)c1. The minimum Gasteiger partial charge on any atom is -0.207 e. The summed E-state index contributed by atoms with van der Waals surface area (Å²) in [6, 6.07) is 3.78. The van der Waals surface area contributed by atoms with E-state index in [1.165, 1.54) is 6.07 Å². The molecule has 0 aliphatic carbocycles. The summed E-state index contributed by atoms with van der Waals surface area (Å²) in [6.07, 6.45) is 0. The van der Waals surface area contributed by atoms with Gasteiger partial charge in [-0.3, -0.25) is 0 Å². The average molecular weight is 346 g/mol. The molecule has 1 aromatic carbocycles. The third-order valence-electron chi connectivity index (χ3n) is 1.37. The van der Waals surface area contributed by atoms with Crippen molar-refractivity contribution in [2.24, 2.45) is 0 Å². The second-order valence-corrected chi connectivity index (χ2v) is 5.98. The van der Waals surface area contributed by atoms with Crippen LogP contribution in [0.2, 0.25) is 0 Å². The Morgan fingerprint density at radius 1 is 1.50 bits per heavy atom. The van der Waals surface area contributed by atoms with Gasteiger partial charge in [0.2, 0.25) is 0 Å². The maximum absolute atomic E-state index is 13.2. The van der Waals surface area contributed by atoms with Crippen LogP contribution in [0.25, 0.3) is 0 Å². The molecule has 1 rings (SSSR count). The van der Waals surface area contributed by atoms with E-state index in [9.17, 15) is 12.8 Å². The Kier molecular flexibility index (Phi) is 3.34. The maximum Gasteiger partial charge on any atom is 0.265 e. The highest BCUT2D eigenvalue weighted by Crippen LogP contribution is 2.26. The van der Waals surface area contributed by atoms with Gasteiger partial charge in [0, 0.05) is 14.3 Å². The van der Waals surface area contributed by atoms with Gasteiger partial charge in [-0.15, -0.1) is 0 Å². The quantitative estimate of drug-likeness (QED) is 0.579. The van der Waals surface area contributed by atoms with E-state index in [4.69, 9.17) is 15.9 Å². The first-order chi connectivity index (χ1) is 6.36. The van der Waals surface area contributed by atoms with E-state index in [0.29, 0.717) is 0 Å². The molecule has 1 aromatic rings. The van der Waals surface area contributed by atoms with Crippen molar-refractivity contribution in [3.8, 4) is 6.07 Å². The second kappa shape index (κ2) is 4.00. The topological polar surface area (TPSA) is 57.9 Å². The maximum atomic E-state index is 13.2. The monoisotopic (exact) mass is 345 g/mol. The molecule has 0 atom stereocenters. The van der Waals surface area contributed by atoms with Gasteiger partial charge in [0.1, 0.15) is 10.7 Å². The van der Waals surface area contributed by atoms with Crippen molar-refractivity contribution in [3.63, 3.8) is 0 Å². The van der Waals surface area contributed by atoms with Gasteiger partial charge < -0.3 is 0 Å². The molecule has 0 unspecified atom stereocenters. The largest absolute Gasteiger partial charge is 0.265 e. The molecule has 0 spiro atoms. The van der Waals surface area contributed by atoms with E-state index < -0.39 is 19.8 Å². The van der Waals surface area contributed by atoms with Gasteiger partial charge in [0.15, 0.2) is 0 Å². The summed E-state index contributed by atoms with van der Waals surface area (Å²) in [6.45, 7) is 0. The van der Waals surface area contributed by atoms with Gasteiger partial charge >= 0.3 is 0 Å². The van der Waals surface area contributed by atoms with Gasteiger partial charge in [-0.25, -0.2) is 12.8 Å². The summed E-state index contributed by atoms with van der Waals surface area (Å²) in [4.78, 5) is -0.584. The van der Waals surface area contributed by atoms with E-state index in [2.05, 4.69) is 0 Å². The number of nitrogens with zero attached hydrogens (tertiary/aromatic N) is 1. The fourth-order valence-corrected chi connectivity index (χ4v) is 3.76. The molecule has 0 saturated heterocycles. The molecule has 0 bridgehead atoms. The lowest BCUT2D eigenvalue weighted by Gasteiger charge is -2.02. The van der Waals surface area contributed by atoms with E-state index in [-0.39, 0.29) is 9.13 Å². The highest BCUT2D eigenvalue weighted by Gasteiger charge is 2.20. The zero-order valence-electron chi connectivity index (χ0n) is 6.46. The predicted octanol–water partition coefficient (Wildman–Crippen LogP) is 2.23. The van der Waals surface area contributed by atoms with Crippen LogP contribution >= 0.6 is 33.3 Å². The zero-order valence-corrected chi connectivity index (χ0v) is 10.2. The highest BCUT2D eigenvalue weighted by atomic mass is 127. The van der Waals surface area contributed by atoms with Gasteiger partial charge in [-0.1, -0.05) is 0 Å². The molecule has 0 fully saturated rings. The number of benzene rings is 1. The molecule has 0 N–H and O–H groups in total. The van der Waals surface area contributed by atoms with Crippen molar-refractivity contribution < 1.29 is 12.8 Å². The number of halogens is 3. The third kappa shape index (κ3) is 2.34. The fourth-order valence-electron chi connectivity index (χ4n) is 0.857.